The molecule has 0 fully saturated rings. The molecule has 8 rings (SSSR count). The summed E-state index contributed by atoms with van der Waals surface area (Å²) in [5.41, 5.74) is 8.44. The van der Waals surface area contributed by atoms with Crippen LogP contribution in [0.2, 0.25) is 0 Å². The molecule has 0 aliphatic carbocycles. The Bertz CT molecular complexity index is 2070. The Balaban J connectivity index is 1.47. The summed E-state index contributed by atoms with van der Waals surface area (Å²) >= 11 is 0. The number of aromatic amines is 1. The second-order valence-electron chi connectivity index (χ2n) is 9.55. The molecule has 6 aromatic carbocycles. The molecule has 0 radical (unpaired) electrons. The van der Waals surface area contributed by atoms with Crippen molar-refractivity contribution in [2.24, 2.45) is 0 Å². The summed E-state index contributed by atoms with van der Waals surface area (Å²) in [4.78, 5) is 3.64. The number of benzene rings is 6. The van der Waals surface area contributed by atoms with E-state index in [9.17, 15) is 0 Å². The molecular weight excluding hydrogens is 436 g/mol. The van der Waals surface area contributed by atoms with E-state index in [1.165, 1.54) is 71.2 Å². The molecule has 0 aliphatic rings. The number of hydrogen-bond acceptors (Lipinski definition) is 0. The zero-order chi connectivity index (χ0) is 23.6. The van der Waals surface area contributed by atoms with Crippen LogP contribution in [0.4, 0.5) is 0 Å². The molecule has 0 saturated carbocycles. The summed E-state index contributed by atoms with van der Waals surface area (Å²) < 4.78 is 2.42. The molecule has 0 aliphatic heterocycles. The molecule has 2 nitrogen and oxygen atoms in total. The van der Waals surface area contributed by atoms with Gasteiger partial charge in [0, 0.05) is 38.3 Å². The maximum atomic E-state index is 3.64. The van der Waals surface area contributed by atoms with Crippen LogP contribution in [0.3, 0.4) is 0 Å². The first-order chi connectivity index (χ1) is 17.8. The van der Waals surface area contributed by atoms with Crippen LogP contribution in [0.5, 0.6) is 0 Å². The van der Waals surface area contributed by atoms with E-state index >= 15 is 0 Å². The van der Waals surface area contributed by atoms with Crippen molar-refractivity contribution in [1.29, 1.82) is 0 Å². The molecule has 1 N–H and O–H groups in total. The van der Waals surface area contributed by atoms with Gasteiger partial charge in [-0.2, -0.15) is 0 Å². The van der Waals surface area contributed by atoms with E-state index in [-0.39, 0.29) is 0 Å². The van der Waals surface area contributed by atoms with Crippen molar-refractivity contribution >= 4 is 54.4 Å². The van der Waals surface area contributed by atoms with Crippen LogP contribution in [-0.2, 0) is 0 Å². The molecule has 2 heteroatoms. The summed E-state index contributed by atoms with van der Waals surface area (Å²) in [6, 6.07) is 46.1. The van der Waals surface area contributed by atoms with Crippen LogP contribution >= 0.6 is 0 Å². The van der Waals surface area contributed by atoms with Gasteiger partial charge in [0.2, 0.25) is 0 Å². The minimum Gasteiger partial charge on any atom is -0.354 e. The Labute approximate surface area is 208 Å². The maximum Gasteiger partial charge on any atom is 0.0548 e. The van der Waals surface area contributed by atoms with Crippen LogP contribution in [0, 0.1) is 0 Å². The zero-order valence-corrected chi connectivity index (χ0v) is 19.6. The highest BCUT2D eigenvalue weighted by Crippen LogP contribution is 2.38. The van der Waals surface area contributed by atoms with Crippen molar-refractivity contribution in [2.75, 3.05) is 0 Å². The molecule has 36 heavy (non-hydrogen) atoms. The lowest BCUT2D eigenvalue weighted by Gasteiger charge is -2.10. The highest BCUT2D eigenvalue weighted by molar-refractivity contribution is 6.19. The van der Waals surface area contributed by atoms with Gasteiger partial charge in [-0.05, 0) is 64.4 Å². The van der Waals surface area contributed by atoms with Crippen molar-refractivity contribution in [1.82, 2.24) is 9.55 Å². The van der Waals surface area contributed by atoms with E-state index in [0.717, 1.165) is 0 Å². The summed E-state index contributed by atoms with van der Waals surface area (Å²) in [5.74, 6) is 0. The first kappa shape index (κ1) is 19.5. The Morgan fingerprint density at radius 3 is 1.89 bits per heavy atom. The highest BCUT2D eigenvalue weighted by Gasteiger charge is 2.16. The largest absolute Gasteiger partial charge is 0.354 e. The third kappa shape index (κ3) is 2.79. The van der Waals surface area contributed by atoms with E-state index in [4.69, 9.17) is 0 Å². The van der Waals surface area contributed by atoms with Gasteiger partial charge in [-0.25, -0.2) is 0 Å². The number of hydrogen-bond donors (Lipinski definition) is 1. The van der Waals surface area contributed by atoms with E-state index in [2.05, 4.69) is 137 Å². The monoisotopic (exact) mass is 458 g/mol. The molecular formula is C34H22N2. The normalized spacial score (nSPS) is 11.9. The van der Waals surface area contributed by atoms with Crippen LogP contribution in [0.15, 0.2) is 127 Å². The van der Waals surface area contributed by atoms with Gasteiger partial charge < -0.3 is 9.55 Å². The number of nitrogens with zero attached hydrogens (tertiary/aromatic N) is 1. The van der Waals surface area contributed by atoms with Crippen molar-refractivity contribution in [3.63, 3.8) is 0 Å². The molecule has 0 unspecified atom stereocenters. The minimum absolute atomic E-state index is 1.17. The minimum atomic E-state index is 1.17. The van der Waals surface area contributed by atoms with Gasteiger partial charge in [0.15, 0.2) is 0 Å². The van der Waals surface area contributed by atoms with E-state index < -0.39 is 0 Å². The molecule has 2 aromatic heterocycles. The average molecular weight is 459 g/mol. The predicted molar refractivity (Wildman–Crippen MR) is 153 cm³/mol. The van der Waals surface area contributed by atoms with Crippen LogP contribution < -0.4 is 0 Å². The Kier molecular flexibility index (Phi) is 3.97. The number of nitrogens with one attached hydrogen (secondary N) is 1. The van der Waals surface area contributed by atoms with Gasteiger partial charge in [-0.15, -0.1) is 0 Å². The van der Waals surface area contributed by atoms with Crippen molar-refractivity contribution < 1.29 is 0 Å². The van der Waals surface area contributed by atoms with Gasteiger partial charge in [-0.3, -0.25) is 0 Å². The third-order valence-electron chi connectivity index (χ3n) is 7.49. The molecule has 0 bridgehead atoms. The molecule has 168 valence electrons. The highest BCUT2D eigenvalue weighted by atomic mass is 15.0. The van der Waals surface area contributed by atoms with Crippen LogP contribution in [0.25, 0.3) is 71.2 Å². The molecule has 0 amide bonds. The predicted octanol–water partition coefficient (Wildman–Crippen LogP) is 9.24. The maximum absolute atomic E-state index is 3.64. The molecule has 2 heterocycles. The second-order valence-corrected chi connectivity index (χ2v) is 9.55. The van der Waals surface area contributed by atoms with Gasteiger partial charge in [-0.1, -0.05) is 84.9 Å². The summed E-state index contributed by atoms with van der Waals surface area (Å²) in [5, 5.41) is 7.58. The van der Waals surface area contributed by atoms with Crippen LogP contribution in [-0.4, -0.2) is 9.55 Å². The van der Waals surface area contributed by atoms with Gasteiger partial charge in [0.25, 0.3) is 0 Å². The fraction of sp³-hybridized carbons (Fsp3) is 0. The van der Waals surface area contributed by atoms with Gasteiger partial charge >= 0.3 is 0 Å². The molecule has 0 spiro atoms. The van der Waals surface area contributed by atoms with Gasteiger partial charge in [0.05, 0.1) is 11.0 Å². The Morgan fingerprint density at radius 2 is 1.06 bits per heavy atom. The van der Waals surface area contributed by atoms with E-state index in [0.29, 0.717) is 0 Å². The van der Waals surface area contributed by atoms with E-state index in [1.54, 1.807) is 0 Å². The first-order valence-electron chi connectivity index (χ1n) is 12.4. The fourth-order valence-electron chi connectivity index (χ4n) is 5.76. The Morgan fingerprint density at radius 1 is 0.417 bits per heavy atom. The fourth-order valence-corrected chi connectivity index (χ4v) is 5.76. The number of fused-ring (bicyclic) bond motifs is 7. The summed E-state index contributed by atoms with van der Waals surface area (Å²) in [6.07, 6.45) is 0. The lowest BCUT2D eigenvalue weighted by atomic mass is 10.1. The van der Waals surface area contributed by atoms with Gasteiger partial charge in [0.1, 0.15) is 0 Å². The van der Waals surface area contributed by atoms with Crippen molar-refractivity contribution in [3.05, 3.63) is 127 Å². The van der Waals surface area contributed by atoms with E-state index in [1.807, 2.05) is 0 Å². The van der Waals surface area contributed by atoms with Crippen LogP contribution in [0.1, 0.15) is 0 Å². The lowest BCUT2D eigenvalue weighted by Crippen LogP contribution is -1.94. The topological polar surface area (TPSA) is 20.7 Å². The van der Waals surface area contributed by atoms with Crippen molar-refractivity contribution in [3.8, 4) is 16.8 Å². The number of aromatic nitrogens is 2. The SMILES string of the molecule is c1ccc(-c2ccc(-n3c4cc5ccccc5cc4c4cc5[nH]c6ccccc6c5cc43)cc2)cc1. The number of para-hydroxylation sites is 1. The Hall–Kier alpha value is -4.82. The zero-order valence-electron chi connectivity index (χ0n) is 19.6. The second kappa shape index (κ2) is 7.34. The summed E-state index contributed by atoms with van der Waals surface area (Å²) in [6.45, 7) is 0. The lowest BCUT2D eigenvalue weighted by molar-refractivity contribution is 1.18. The number of rotatable bonds is 2. The smallest absolute Gasteiger partial charge is 0.0548 e. The van der Waals surface area contributed by atoms with Crippen molar-refractivity contribution in [2.45, 2.75) is 0 Å². The standard InChI is InChI=1S/C34H22N2/c1-2-8-22(9-3-1)23-14-16-26(17-15-23)36-33-19-25-11-5-4-10-24(25)18-29(33)30-20-32-28(21-34(30)36)27-12-6-7-13-31(27)35-32/h1-21,35H. The molecule has 0 atom stereocenters. The number of H-pyrrole nitrogens is 1. The quantitative estimate of drug-likeness (QED) is 0.266. The summed E-state index contributed by atoms with van der Waals surface area (Å²) in [7, 11) is 0. The average Bonchev–Trinajstić information content (AvgIpc) is 3.45. The molecule has 0 saturated heterocycles. The molecule has 8 aromatic rings. The first-order valence-corrected chi connectivity index (χ1v) is 12.4. The third-order valence-corrected chi connectivity index (χ3v) is 7.49.